The van der Waals surface area contributed by atoms with Crippen LogP contribution < -0.4 is 9.64 Å². The largest absolute Gasteiger partial charge is 0.494 e. The topological polar surface area (TPSA) is 101 Å². The molecule has 2 aromatic rings. The Kier molecular flexibility index (Phi) is 6.60. The Morgan fingerprint density at radius 2 is 1.70 bits per heavy atom. The summed E-state index contributed by atoms with van der Waals surface area (Å²) in [6.07, 6.45) is 3.17. The molecule has 2 heterocycles. The monoisotopic (exact) mass is 490 g/mol. The fourth-order valence-electron chi connectivity index (χ4n) is 4.04. The van der Waals surface area contributed by atoms with Gasteiger partial charge in [0.15, 0.2) is 9.84 Å². The Morgan fingerprint density at radius 1 is 1.06 bits per heavy atom. The van der Waals surface area contributed by atoms with Gasteiger partial charge in [0.1, 0.15) is 5.75 Å². The number of sulfone groups is 1. The highest BCUT2D eigenvalue weighted by Gasteiger charge is 2.33. The SMILES string of the molecule is CCOc1ccc(N(C(=O)c2ccc(S(=O)(=O)N3CCCC3)cc2)[C@@H]2C=CS(=O)(=O)C2)cc1. The molecule has 2 aliphatic rings. The van der Waals surface area contributed by atoms with Gasteiger partial charge in [0.25, 0.3) is 5.91 Å². The smallest absolute Gasteiger partial charge is 0.258 e. The number of benzene rings is 2. The van der Waals surface area contributed by atoms with Gasteiger partial charge >= 0.3 is 0 Å². The second kappa shape index (κ2) is 9.28. The van der Waals surface area contributed by atoms with Crippen LogP contribution in [-0.4, -0.2) is 58.5 Å². The van der Waals surface area contributed by atoms with Crippen LogP contribution in [0.1, 0.15) is 30.1 Å². The first-order valence-electron chi connectivity index (χ1n) is 10.8. The summed E-state index contributed by atoms with van der Waals surface area (Å²) in [7, 11) is -6.99. The summed E-state index contributed by atoms with van der Waals surface area (Å²) >= 11 is 0. The molecular formula is C23H26N2O6S2. The number of rotatable bonds is 7. The lowest BCUT2D eigenvalue weighted by molar-refractivity contribution is 0.0983. The van der Waals surface area contributed by atoms with E-state index in [9.17, 15) is 21.6 Å². The molecule has 2 aromatic carbocycles. The second-order valence-electron chi connectivity index (χ2n) is 7.96. The maximum Gasteiger partial charge on any atom is 0.258 e. The molecule has 0 unspecified atom stereocenters. The quantitative estimate of drug-likeness (QED) is 0.592. The second-order valence-corrected chi connectivity index (χ2v) is 11.8. The van der Waals surface area contributed by atoms with Gasteiger partial charge in [0.2, 0.25) is 10.0 Å². The van der Waals surface area contributed by atoms with E-state index in [2.05, 4.69) is 0 Å². The number of nitrogens with zero attached hydrogens (tertiary/aromatic N) is 2. The van der Waals surface area contributed by atoms with Crippen molar-refractivity contribution < 1.29 is 26.4 Å². The Balaban J connectivity index is 1.64. The summed E-state index contributed by atoms with van der Waals surface area (Å²) in [6.45, 7) is 3.36. The minimum atomic E-state index is -3.59. The number of carbonyl (C=O) groups excluding carboxylic acids is 1. The van der Waals surface area contributed by atoms with Crippen LogP contribution in [0.4, 0.5) is 5.69 Å². The van der Waals surface area contributed by atoms with E-state index in [1.165, 1.54) is 39.5 Å². The molecule has 0 saturated carbocycles. The molecule has 1 atom stereocenters. The molecular weight excluding hydrogens is 464 g/mol. The first-order chi connectivity index (χ1) is 15.7. The van der Waals surface area contributed by atoms with Crippen LogP contribution in [0.3, 0.4) is 0 Å². The number of hydrogen-bond acceptors (Lipinski definition) is 6. The number of ether oxygens (including phenoxy) is 1. The van der Waals surface area contributed by atoms with E-state index < -0.39 is 31.8 Å². The fraction of sp³-hybridized carbons (Fsp3) is 0.348. The molecule has 176 valence electrons. The summed E-state index contributed by atoms with van der Waals surface area (Å²) in [5.74, 6) is 0.00337. The van der Waals surface area contributed by atoms with Gasteiger partial charge in [-0.2, -0.15) is 4.31 Å². The number of sulfonamides is 1. The predicted molar refractivity (Wildman–Crippen MR) is 126 cm³/mol. The summed E-state index contributed by atoms with van der Waals surface area (Å²) in [5, 5.41) is 1.12. The zero-order chi connectivity index (χ0) is 23.6. The van der Waals surface area contributed by atoms with Crippen molar-refractivity contribution >= 4 is 31.5 Å². The number of amides is 1. The van der Waals surface area contributed by atoms with Crippen molar-refractivity contribution in [1.29, 1.82) is 0 Å². The zero-order valence-corrected chi connectivity index (χ0v) is 19.9. The van der Waals surface area contributed by atoms with E-state index in [4.69, 9.17) is 4.74 Å². The Labute approximate surface area is 194 Å². The molecule has 1 amide bonds. The van der Waals surface area contributed by atoms with Gasteiger partial charge in [0, 0.05) is 29.7 Å². The van der Waals surface area contributed by atoms with Crippen molar-refractivity contribution in [3.63, 3.8) is 0 Å². The van der Waals surface area contributed by atoms with Crippen molar-refractivity contribution in [2.75, 3.05) is 30.3 Å². The average Bonchev–Trinajstić information content (AvgIpc) is 3.46. The molecule has 0 N–H and O–H groups in total. The average molecular weight is 491 g/mol. The van der Waals surface area contributed by atoms with Crippen molar-refractivity contribution in [2.45, 2.75) is 30.7 Å². The maximum atomic E-state index is 13.5. The van der Waals surface area contributed by atoms with E-state index in [1.807, 2.05) is 6.92 Å². The zero-order valence-electron chi connectivity index (χ0n) is 18.3. The molecule has 1 saturated heterocycles. The van der Waals surface area contributed by atoms with Crippen molar-refractivity contribution in [3.05, 3.63) is 65.6 Å². The summed E-state index contributed by atoms with van der Waals surface area (Å²) in [4.78, 5) is 15.0. The van der Waals surface area contributed by atoms with E-state index in [0.717, 1.165) is 18.2 Å². The van der Waals surface area contributed by atoms with Crippen LogP contribution >= 0.6 is 0 Å². The summed E-state index contributed by atoms with van der Waals surface area (Å²) in [5.41, 5.74) is 0.783. The Bertz CT molecular complexity index is 1250. The van der Waals surface area contributed by atoms with Crippen molar-refractivity contribution in [2.24, 2.45) is 0 Å². The predicted octanol–water partition coefficient (Wildman–Crippen LogP) is 2.83. The molecule has 0 radical (unpaired) electrons. The number of hydrogen-bond donors (Lipinski definition) is 0. The van der Waals surface area contributed by atoms with Gasteiger partial charge in [-0.15, -0.1) is 0 Å². The molecule has 4 rings (SSSR count). The molecule has 33 heavy (non-hydrogen) atoms. The normalized spacial score (nSPS) is 20.1. The van der Waals surface area contributed by atoms with E-state index >= 15 is 0 Å². The lowest BCUT2D eigenvalue weighted by Gasteiger charge is -2.28. The first-order valence-corrected chi connectivity index (χ1v) is 13.9. The first kappa shape index (κ1) is 23.5. The van der Waals surface area contributed by atoms with Crippen LogP contribution in [-0.2, 0) is 19.9 Å². The third kappa shape index (κ3) is 4.97. The van der Waals surface area contributed by atoms with Crippen molar-refractivity contribution in [1.82, 2.24) is 4.31 Å². The maximum absolute atomic E-state index is 13.5. The molecule has 1 fully saturated rings. The number of carbonyl (C=O) groups is 1. The minimum Gasteiger partial charge on any atom is -0.494 e. The Hall–Kier alpha value is -2.69. The van der Waals surface area contributed by atoms with Crippen LogP contribution in [0.5, 0.6) is 5.75 Å². The van der Waals surface area contributed by atoms with Crippen LogP contribution in [0.15, 0.2) is 64.9 Å². The third-order valence-electron chi connectivity index (χ3n) is 5.69. The van der Waals surface area contributed by atoms with Gasteiger partial charge in [-0.05, 0) is 74.4 Å². The van der Waals surface area contributed by atoms with Gasteiger partial charge in [-0.3, -0.25) is 4.79 Å². The van der Waals surface area contributed by atoms with E-state index in [-0.39, 0.29) is 16.2 Å². The van der Waals surface area contributed by atoms with Crippen LogP contribution in [0, 0.1) is 0 Å². The summed E-state index contributed by atoms with van der Waals surface area (Å²) < 4.78 is 56.5. The van der Waals surface area contributed by atoms with Crippen molar-refractivity contribution in [3.8, 4) is 5.75 Å². The highest BCUT2D eigenvalue weighted by molar-refractivity contribution is 7.94. The summed E-state index contributed by atoms with van der Waals surface area (Å²) in [6, 6.07) is 12.0. The molecule has 0 bridgehead atoms. The van der Waals surface area contributed by atoms with Gasteiger partial charge < -0.3 is 9.64 Å². The fourth-order valence-corrected chi connectivity index (χ4v) is 6.82. The van der Waals surface area contributed by atoms with Gasteiger partial charge in [-0.25, -0.2) is 16.8 Å². The number of anilines is 1. The van der Waals surface area contributed by atoms with Gasteiger partial charge in [0.05, 0.1) is 23.3 Å². The van der Waals surface area contributed by atoms with Crippen LogP contribution in [0.25, 0.3) is 0 Å². The third-order valence-corrected chi connectivity index (χ3v) is 8.98. The minimum absolute atomic E-state index is 0.136. The molecule has 10 heteroatoms. The molecule has 2 aliphatic heterocycles. The highest BCUT2D eigenvalue weighted by atomic mass is 32.2. The lowest BCUT2D eigenvalue weighted by Crippen LogP contribution is -2.41. The molecule has 8 nitrogen and oxygen atoms in total. The van der Waals surface area contributed by atoms with E-state index in [1.54, 1.807) is 24.3 Å². The van der Waals surface area contributed by atoms with Gasteiger partial charge in [-0.1, -0.05) is 0 Å². The Morgan fingerprint density at radius 3 is 2.24 bits per heavy atom. The highest BCUT2D eigenvalue weighted by Crippen LogP contribution is 2.28. The standard InChI is InChI=1S/C23H26N2O6S2/c1-2-31-21-9-7-19(8-10-21)25(20-13-16-32(27,28)17-20)23(26)18-5-11-22(12-6-18)33(29,30)24-14-3-4-15-24/h5-13,16,20H,2-4,14-15,17H2,1H3/t20-/m1/s1. The molecule has 0 aromatic heterocycles. The molecule has 0 spiro atoms. The lowest BCUT2D eigenvalue weighted by atomic mass is 10.1. The van der Waals surface area contributed by atoms with E-state index in [0.29, 0.717) is 31.1 Å². The van der Waals surface area contributed by atoms with Crippen LogP contribution in [0.2, 0.25) is 0 Å². The molecule has 0 aliphatic carbocycles.